The molecule has 2 atom stereocenters. The van der Waals surface area contributed by atoms with Gasteiger partial charge < -0.3 is 15.5 Å². The fourth-order valence-corrected chi connectivity index (χ4v) is 3.52. The third-order valence-electron chi connectivity index (χ3n) is 3.81. The van der Waals surface area contributed by atoms with Crippen molar-refractivity contribution < 1.29 is 15.0 Å². The number of hydrogen-bond donors (Lipinski definition) is 3. The van der Waals surface area contributed by atoms with Crippen LogP contribution < -0.4 is 5.32 Å². The highest BCUT2D eigenvalue weighted by atomic mass is 32.1. The molecule has 124 valence electrons. The van der Waals surface area contributed by atoms with Crippen LogP contribution >= 0.6 is 11.3 Å². The maximum Gasteiger partial charge on any atom is 0.261 e. The topological polar surface area (TPSA) is 69.6 Å². The average Bonchev–Trinajstić information content (AvgIpc) is 2.96. The van der Waals surface area contributed by atoms with Gasteiger partial charge in [0.05, 0.1) is 23.6 Å². The Morgan fingerprint density at radius 1 is 1.30 bits per heavy atom. The minimum atomic E-state index is -0.718. The standard InChI is InChI=1S/C18H23NO3S/c1-3-16-12(2)9-17(23-16)18(22)19-14(11-20)10-15(21)13-7-5-4-6-8-13/h4-9,14-15,20-21H,3,10-11H2,1-2H3,(H,19,22)/t14-,15+/m0/s1. The number of aliphatic hydroxyl groups excluding tert-OH is 2. The van der Waals surface area contributed by atoms with Crippen LogP contribution in [0.2, 0.25) is 0 Å². The molecular weight excluding hydrogens is 310 g/mol. The first kappa shape index (κ1) is 17.7. The number of amides is 1. The van der Waals surface area contributed by atoms with Crippen LogP contribution in [0.25, 0.3) is 0 Å². The Morgan fingerprint density at radius 3 is 2.57 bits per heavy atom. The summed E-state index contributed by atoms with van der Waals surface area (Å²) in [5.41, 5.74) is 1.90. The van der Waals surface area contributed by atoms with Gasteiger partial charge in [-0.25, -0.2) is 0 Å². The molecule has 1 amide bonds. The van der Waals surface area contributed by atoms with Crippen molar-refractivity contribution in [3.63, 3.8) is 0 Å². The Morgan fingerprint density at radius 2 is 2.00 bits per heavy atom. The number of aryl methyl sites for hydroxylation is 2. The molecule has 0 saturated heterocycles. The second-order valence-electron chi connectivity index (χ2n) is 5.59. The zero-order valence-corrected chi connectivity index (χ0v) is 14.3. The van der Waals surface area contributed by atoms with Crippen molar-refractivity contribution in [1.29, 1.82) is 0 Å². The molecule has 5 heteroatoms. The van der Waals surface area contributed by atoms with Gasteiger partial charge >= 0.3 is 0 Å². The van der Waals surface area contributed by atoms with Crippen LogP contribution in [0, 0.1) is 6.92 Å². The summed E-state index contributed by atoms with van der Waals surface area (Å²) in [6.07, 6.45) is 0.460. The Labute approximate surface area is 140 Å². The van der Waals surface area contributed by atoms with E-state index in [1.807, 2.05) is 43.3 Å². The van der Waals surface area contributed by atoms with Gasteiger partial charge in [0.2, 0.25) is 0 Å². The molecule has 0 aliphatic carbocycles. The van der Waals surface area contributed by atoms with Crippen molar-refractivity contribution in [2.45, 2.75) is 38.8 Å². The third-order valence-corrected chi connectivity index (χ3v) is 5.19. The molecule has 0 aliphatic heterocycles. The predicted octanol–water partition coefficient (Wildman–Crippen LogP) is 2.83. The SMILES string of the molecule is CCc1sc(C(=O)N[C@H](CO)C[C@@H](O)c2ccccc2)cc1C. The smallest absolute Gasteiger partial charge is 0.261 e. The molecule has 0 saturated carbocycles. The number of nitrogens with one attached hydrogen (secondary N) is 1. The monoisotopic (exact) mass is 333 g/mol. The minimum absolute atomic E-state index is 0.197. The first-order valence-corrected chi connectivity index (χ1v) is 8.60. The molecule has 1 aromatic heterocycles. The van der Waals surface area contributed by atoms with E-state index < -0.39 is 12.1 Å². The van der Waals surface area contributed by atoms with Crippen molar-refractivity contribution in [1.82, 2.24) is 5.32 Å². The zero-order valence-electron chi connectivity index (χ0n) is 13.5. The summed E-state index contributed by atoms with van der Waals surface area (Å²) in [7, 11) is 0. The number of carbonyl (C=O) groups excluding carboxylic acids is 1. The van der Waals surface area contributed by atoms with E-state index in [9.17, 15) is 15.0 Å². The quantitative estimate of drug-likeness (QED) is 0.730. The molecule has 23 heavy (non-hydrogen) atoms. The van der Waals surface area contributed by atoms with Crippen LogP contribution in [0.3, 0.4) is 0 Å². The zero-order chi connectivity index (χ0) is 16.8. The Balaban J connectivity index is 1.99. The highest BCUT2D eigenvalue weighted by Crippen LogP contribution is 2.23. The van der Waals surface area contributed by atoms with Gasteiger partial charge in [-0.1, -0.05) is 37.3 Å². The van der Waals surface area contributed by atoms with E-state index >= 15 is 0 Å². The van der Waals surface area contributed by atoms with Gasteiger partial charge in [-0.2, -0.15) is 0 Å². The minimum Gasteiger partial charge on any atom is -0.394 e. The van der Waals surface area contributed by atoms with E-state index in [-0.39, 0.29) is 18.9 Å². The second kappa shape index (κ2) is 8.24. The van der Waals surface area contributed by atoms with Crippen molar-refractivity contribution >= 4 is 17.2 Å². The molecule has 0 aliphatic rings. The largest absolute Gasteiger partial charge is 0.394 e. The molecule has 1 heterocycles. The second-order valence-corrected chi connectivity index (χ2v) is 6.72. The Kier molecular flexibility index (Phi) is 6.33. The number of aliphatic hydroxyl groups is 2. The normalized spacial score (nSPS) is 13.6. The van der Waals surface area contributed by atoms with Crippen molar-refractivity contribution in [3.05, 3.63) is 57.3 Å². The van der Waals surface area contributed by atoms with Gasteiger partial charge in [0, 0.05) is 4.88 Å². The van der Waals surface area contributed by atoms with E-state index in [0.717, 1.165) is 17.5 Å². The lowest BCUT2D eigenvalue weighted by molar-refractivity contribution is 0.0869. The first-order chi connectivity index (χ1) is 11.0. The Bertz CT molecular complexity index is 639. The van der Waals surface area contributed by atoms with E-state index in [4.69, 9.17) is 0 Å². The van der Waals surface area contributed by atoms with Crippen LogP contribution in [-0.4, -0.2) is 28.8 Å². The summed E-state index contributed by atoms with van der Waals surface area (Å²) in [5.74, 6) is -0.197. The van der Waals surface area contributed by atoms with Crippen LogP contribution in [0.4, 0.5) is 0 Å². The number of rotatable bonds is 7. The molecule has 0 spiro atoms. The van der Waals surface area contributed by atoms with E-state index in [1.165, 1.54) is 16.2 Å². The van der Waals surface area contributed by atoms with Gasteiger partial charge in [-0.05, 0) is 37.0 Å². The molecule has 0 radical (unpaired) electrons. The molecule has 2 aromatic rings. The summed E-state index contributed by atoms with van der Waals surface area (Å²) < 4.78 is 0. The number of thiophene rings is 1. The highest BCUT2D eigenvalue weighted by molar-refractivity contribution is 7.14. The van der Waals surface area contributed by atoms with Gasteiger partial charge in [-0.15, -0.1) is 11.3 Å². The van der Waals surface area contributed by atoms with E-state index in [0.29, 0.717) is 4.88 Å². The molecule has 0 unspecified atom stereocenters. The summed E-state index contributed by atoms with van der Waals surface area (Å²) in [5, 5.41) is 22.5. The van der Waals surface area contributed by atoms with Gasteiger partial charge in [0.25, 0.3) is 5.91 Å². The molecule has 0 fully saturated rings. The van der Waals surface area contributed by atoms with Gasteiger partial charge in [0.1, 0.15) is 0 Å². The molecule has 3 N–H and O–H groups in total. The average molecular weight is 333 g/mol. The highest BCUT2D eigenvalue weighted by Gasteiger charge is 2.19. The molecule has 0 bridgehead atoms. The van der Waals surface area contributed by atoms with Crippen molar-refractivity contribution in [2.75, 3.05) is 6.61 Å². The predicted molar refractivity (Wildman–Crippen MR) is 92.8 cm³/mol. The van der Waals surface area contributed by atoms with Crippen LogP contribution in [0.1, 0.15) is 45.1 Å². The fourth-order valence-electron chi connectivity index (χ4n) is 2.50. The van der Waals surface area contributed by atoms with Crippen LogP contribution in [0.5, 0.6) is 0 Å². The van der Waals surface area contributed by atoms with Gasteiger partial charge in [-0.3, -0.25) is 4.79 Å². The maximum atomic E-state index is 12.3. The van der Waals surface area contributed by atoms with E-state index in [2.05, 4.69) is 12.2 Å². The molecule has 2 rings (SSSR count). The lowest BCUT2D eigenvalue weighted by atomic mass is 10.0. The number of hydrogen-bond acceptors (Lipinski definition) is 4. The van der Waals surface area contributed by atoms with Crippen molar-refractivity contribution in [2.24, 2.45) is 0 Å². The molecule has 4 nitrogen and oxygen atoms in total. The van der Waals surface area contributed by atoms with Crippen LogP contribution in [0.15, 0.2) is 36.4 Å². The fraction of sp³-hybridized carbons (Fsp3) is 0.389. The lowest BCUT2D eigenvalue weighted by Gasteiger charge is -2.19. The maximum absolute atomic E-state index is 12.3. The van der Waals surface area contributed by atoms with Crippen molar-refractivity contribution in [3.8, 4) is 0 Å². The summed E-state index contributed by atoms with van der Waals surface area (Å²) in [6.45, 7) is 3.85. The van der Waals surface area contributed by atoms with Gasteiger partial charge in [0.15, 0.2) is 0 Å². The van der Waals surface area contributed by atoms with Crippen LogP contribution in [-0.2, 0) is 6.42 Å². The molecule has 1 aromatic carbocycles. The number of carbonyl (C=O) groups is 1. The van der Waals surface area contributed by atoms with E-state index in [1.54, 1.807) is 0 Å². The summed E-state index contributed by atoms with van der Waals surface area (Å²) in [4.78, 5) is 14.2. The Hall–Kier alpha value is -1.69. The first-order valence-electron chi connectivity index (χ1n) is 7.79. The summed E-state index contributed by atoms with van der Waals surface area (Å²) in [6, 6.07) is 10.6. The lowest BCUT2D eigenvalue weighted by Crippen LogP contribution is -2.38. The third kappa shape index (κ3) is 4.64. The summed E-state index contributed by atoms with van der Waals surface area (Å²) >= 11 is 1.48. The number of benzene rings is 1. The molecular formula is C18H23NO3S.